The van der Waals surface area contributed by atoms with Crippen LogP contribution in [0.2, 0.25) is 5.02 Å². The van der Waals surface area contributed by atoms with Gasteiger partial charge < -0.3 is 10.6 Å². The van der Waals surface area contributed by atoms with Crippen molar-refractivity contribution < 1.29 is 9.63 Å². The van der Waals surface area contributed by atoms with Crippen LogP contribution in [0.1, 0.15) is 15.9 Å². The fourth-order valence-corrected chi connectivity index (χ4v) is 1.30. The molecule has 0 aromatic heterocycles. The summed E-state index contributed by atoms with van der Waals surface area (Å²) in [6.45, 7) is 0. The summed E-state index contributed by atoms with van der Waals surface area (Å²) in [6.07, 6.45) is 1.35. The number of carbonyl (C=O) groups is 1. The number of nitrogens with two attached hydrogens (primary N) is 1. The normalized spacial score (nSPS) is 10.6. The zero-order valence-corrected chi connectivity index (χ0v) is 9.34. The smallest absolute Gasteiger partial charge is 0.252 e. The SMILES string of the molecule is CO/N=C/c1cc(C(=O)Cl)cc(Cl)c1N. The van der Waals surface area contributed by atoms with Crippen molar-refractivity contribution in [3.8, 4) is 0 Å². The van der Waals surface area contributed by atoms with Gasteiger partial charge in [-0.1, -0.05) is 16.8 Å². The molecule has 0 aliphatic heterocycles. The summed E-state index contributed by atoms with van der Waals surface area (Å²) in [5, 5.41) is 3.17. The standard InChI is InChI=1S/C9H8Cl2N2O2/c1-15-13-4-6-2-5(9(11)14)3-7(10)8(6)12/h2-4H,12H2,1H3/b13-4+. The number of rotatable bonds is 3. The number of nitrogens with zero attached hydrogens (tertiary/aromatic N) is 1. The minimum Gasteiger partial charge on any atom is -0.399 e. The Kier molecular flexibility index (Phi) is 3.94. The van der Waals surface area contributed by atoms with E-state index in [1.807, 2.05) is 0 Å². The molecule has 15 heavy (non-hydrogen) atoms. The van der Waals surface area contributed by atoms with Crippen LogP contribution in [0.4, 0.5) is 5.69 Å². The molecule has 1 rings (SSSR count). The van der Waals surface area contributed by atoms with Crippen LogP contribution < -0.4 is 5.73 Å². The Morgan fingerprint density at radius 2 is 2.27 bits per heavy atom. The number of nitrogen functional groups attached to an aromatic ring is 1. The summed E-state index contributed by atoms with van der Waals surface area (Å²) in [4.78, 5) is 15.4. The zero-order valence-electron chi connectivity index (χ0n) is 7.83. The van der Waals surface area contributed by atoms with Crippen LogP contribution in [0.25, 0.3) is 0 Å². The predicted molar refractivity (Wildman–Crippen MR) is 60.7 cm³/mol. The molecule has 0 heterocycles. The maximum absolute atomic E-state index is 10.9. The lowest BCUT2D eigenvalue weighted by atomic mass is 10.1. The molecule has 0 radical (unpaired) electrons. The number of carbonyl (C=O) groups excluding carboxylic acids is 1. The molecule has 0 atom stereocenters. The molecule has 0 unspecified atom stereocenters. The van der Waals surface area contributed by atoms with Gasteiger partial charge >= 0.3 is 0 Å². The summed E-state index contributed by atoms with van der Waals surface area (Å²) in [6, 6.07) is 2.88. The van der Waals surface area contributed by atoms with E-state index in [9.17, 15) is 4.79 Å². The highest BCUT2D eigenvalue weighted by Crippen LogP contribution is 2.24. The molecule has 6 heteroatoms. The fourth-order valence-electron chi connectivity index (χ4n) is 0.969. The topological polar surface area (TPSA) is 64.7 Å². The fraction of sp³-hybridized carbons (Fsp3) is 0.111. The quantitative estimate of drug-likeness (QED) is 0.385. The third-order valence-corrected chi connectivity index (χ3v) is 2.22. The first kappa shape index (κ1) is 11.8. The molecule has 4 nitrogen and oxygen atoms in total. The number of hydrogen-bond donors (Lipinski definition) is 1. The van der Waals surface area contributed by atoms with E-state index in [1.165, 1.54) is 25.5 Å². The highest BCUT2D eigenvalue weighted by atomic mass is 35.5. The van der Waals surface area contributed by atoms with Gasteiger partial charge in [0.1, 0.15) is 7.11 Å². The first-order valence-electron chi connectivity index (χ1n) is 3.91. The second-order valence-electron chi connectivity index (χ2n) is 2.65. The molecule has 80 valence electrons. The van der Waals surface area contributed by atoms with E-state index in [0.29, 0.717) is 11.3 Å². The third kappa shape index (κ3) is 2.84. The van der Waals surface area contributed by atoms with Crippen molar-refractivity contribution in [1.29, 1.82) is 0 Å². The van der Waals surface area contributed by atoms with E-state index >= 15 is 0 Å². The van der Waals surface area contributed by atoms with Crippen molar-refractivity contribution in [1.82, 2.24) is 0 Å². The van der Waals surface area contributed by atoms with Gasteiger partial charge in [0.25, 0.3) is 5.24 Å². The molecular weight excluding hydrogens is 239 g/mol. The molecule has 0 aliphatic carbocycles. The predicted octanol–water partition coefficient (Wildman–Crippen LogP) is 2.28. The largest absolute Gasteiger partial charge is 0.399 e. The van der Waals surface area contributed by atoms with Crippen LogP contribution in [-0.2, 0) is 4.84 Å². The Labute approximate surface area is 96.6 Å². The Hall–Kier alpha value is -1.26. The first-order valence-corrected chi connectivity index (χ1v) is 4.67. The van der Waals surface area contributed by atoms with Crippen LogP contribution in [0, 0.1) is 0 Å². The molecule has 0 saturated carbocycles. The van der Waals surface area contributed by atoms with Crippen LogP contribution in [0.15, 0.2) is 17.3 Å². The average molecular weight is 247 g/mol. The van der Waals surface area contributed by atoms with E-state index in [4.69, 9.17) is 28.9 Å². The van der Waals surface area contributed by atoms with Crippen molar-refractivity contribution in [3.63, 3.8) is 0 Å². The lowest BCUT2D eigenvalue weighted by molar-refractivity contribution is 0.108. The molecule has 2 N–H and O–H groups in total. The highest BCUT2D eigenvalue weighted by molar-refractivity contribution is 6.67. The van der Waals surface area contributed by atoms with Gasteiger partial charge in [-0.05, 0) is 23.7 Å². The van der Waals surface area contributed by atoms with E-state index in [-0.39, 0.29) is 10.6 Å². The van der Waals surface area contributed by atoms with Gasteiger partial charge in [-0.2, -0.15) is 0 Å². The lowest BCUT2D eigenvalue weighted by Crippen LogP contribution is -1.99. The summed E-state index contributed by atoms with van der Waals surface area (Å²) in [5.74, 6) is 0. The monoisotopic (exact) mass is 246 g/mol. The number of hydrogen-bond acceptors (Lipinski definition) is 4. The van der Waals surface area contributed by atoms with Gasteiger partial charge in [0, 0.05) is 11.1 Å². The molecule has 0 aliphatic rings. The van der Waals surface area contributed by atoms with E-state index < -0.39 is 5.24 Å². The van der Waals surface area contributed by atoms with Gasteiger partial charge in [-0.3, -0.25) is 4.79 Å². The minimum absolute atomic E-state index is 0.249. The Bertz CT molecular complexity index is 419. The van der Waals surface area contributed by atoms with Crippen LogP contribution in [-0.4, -0.2) is 18.6 Å². The van der Waals surface area contributed by atoms with Crippen LogP contribution in [0.5, 0.6) is 0 Å². The summed E-state index contributed by atoms with van der Waals surface area (Å²) < 4.78 is 0. The maximum Gasteiger partial charge on any atom is 0.252 e. The number of oxime groups is 1. The molecule has 0 saturated heterocycles. The van der Waals surface area contributed by atoms with E-state index in [2.05, 4.69) is 9.99 Å². The Morgan fingerprint density at radius 3 is 2.80 bits per heavy atom. The Morgan fingerprint density at radius 1 is 1.60 bits per heavy atom. The number of halogens is 2. The van der Waals surface area contributed by atoms with Crippen LogP contribution in [0.3, 0.4) is 0 Å². The minimum atomic E-state index is -0.607. The van der Waals surface area contributed by atoms with Gasteiger partial charge in [0.05, 0.1) is 16.9 Å². The van der Waals surface area contributed by atoms with Crippen molar-refractivity contribution in [2.24, 2.45) is 5.16 Å². The van der Waals surface area contributed by atoms with Gasteiger partial charge in [0.2, 0.25) is 0 Å². The maximum atomic E-state index is 10.9. The van der Waals surface area contributed by atoms with Crippen LogP contribution >= 0.6 is 23.2 Å². The van der Waals surface area contributed by atoms with Gasteiger partial charge in [0.15, 0.2) is 0 Å². The van der Waals surface area contributed by atoms with Crippen molar-refractivity contribution >= 4 is 40.3 Å². The van der Waals surface area contributed by atoms with Gasteiger partial charge in [-0.25, -0.2) is 0 Å². The molecule has 0 bridgehead atoms. The van der Waals surface area contributed by atoms with Crippen molar-refractivity contribution in [3.05, 3.63) is 28.3 Å². The zero-order chi connectivity index (χ0) is 11.4. The molecule has 0 spiro atoms. The first-order chi connectivity index (χ1) is 7.06. The second-order valence-corrected chi connectivity index (χ2v) is 3.40. The summed E-state index contributed by atoms with van der Waals surface area (Å²) in [7, 11) is 1.39. The number of anilines is 1. The highest BCUT2D eigenvalue weighted by Gasteiger charge is 2.09. The third-order valence-electron chi connectivity index (χ3n) is 1.69. The number of benzene rings is 1. The Balaban J connectivity index is 3.24. The van der Waals surface area contributed by atoms with E-state index in [1.54, 1.807) is 0 Å². The van der Waals surface area contributed by atoms with Crippen molar-refractivity contribution in [2.45, 2.75) is 0 Å². The van der Waals surface area contributed by atoms with Crippen molar-refractivity contribution in [2.75, 3.05) is 12.8 Å². The molecule has 1 aromatic carbocycles. The average Bonchev–Trinajstić information content (AvgIpc) is 2.19. The summed E-state index contributed by atoms with van der Waals surface area (Å²) in [5.41, 5.74) is 6.72. The van der Waals surface area contributed by atoms with Gasteiger partial charge in [-0.15, -0.1) is 0 Å². The van der Waals surface area contributed by atoms with E-state index in [0.717, 1.165) is 0 Å². The molecule has 1 aromatic rings. The molecular formula is C9H8Cl2N2O2. The molecule has 0 amide bonds. The second kappa shape index (κ2) is 5.00. The molecule has 0 fully saturated rings. The summed E-state index contributed by atoms with van der Waals surface area (Å²) >= 11 is 11.1. The lowest BCUT2D eigenvalue weighted by Gasteiger charge is -2.04.